The van der Waals surface area contributed by atoms with Gasteiger partial charge in [-0.05, 0) is 12.2 Å². The van der Waals surface area contributed by atoms with Crippen LogP contribution < -0.4 is 5.73 Å². The summed E-state index contributed by atoms with van der Waals surface area (Å²) in [5.74, 6) is -1.62. The van der Waals surface area contributed by atoms with Gasteiger partial charge in [0.2, 0.25) is 0 Å². The fourth-order valence-corrected chi connectivity index (χ4v) is 0.800. The molecule has 4 nitrogen and oxygen atoms in total. The van der Waals surface area contributed by atoms with Crippen molar-refractivity contribution in [1.82, 2.24) is 0 Å². The number of aliphatic carboxylic acids is 1. The predicted molar refractivity (Wildman–Crippen MR) is 38.5 cm³/mol. The fourth-order valence-electron chi connectivity index (χ4n) is 0.800. The van der Waals surface area contributed by atoms with E-state index in [0.29, 0.717) is 0 Å². The predicted octanol–water partition coefficient (Wildman–Crippen LogP) is -0.540. The molecule has 4 N–H and O–H groups in total. The summed E-state index contributed by atoms with van der Waals surface area (Å²) in [6.45, 7) is 0. The van der Waals surface area contributed by atoms with E-state index in [1.165, 1.54) is 24.3 Å². The molecule has 0 atom stereocenters. The number of carbonyl (C=O) groups is 1. The molecule has 1 aliphatic carbocycles. The third kappa shape index (κ3) is 1.89. The zero-order valence-corrected chi connectivity index (χ0v) is 5.77. The van der Waals surface area contributed by atoms with Gasteiger partial charge < -0.3 is 10.2 Å². The highest BCUT2D eigenvalue weighted by Gasteiger charge is 2.21. The van der Waals surface area contributed by atoms with E-state index in [1.807, 2.05) is 0 Å². The maximum absolute atomic E-state index is 10.3. The Balaban J connectivity index is 2.72. The van der Waals surface area contributed by atoms with Crippen LogP contribution in [0.2, 0.25) is 0 Å². The van der Waals surface area contributed by atoms with E-state index in [4.69, 9.17) is 15.9 Å². The molecule has 0 unspecified atom stereocenters. The van der Waals surface area contributed by atoms with Crippen LogP contribution in [-0.4, -0.2) is 21.9 Å². The first-order valence-electron chi connectivity index (χ1n) is 3.14. The van der Waals surface area contributed by atoms with Crippen LogP contribution in [-0.2, 0) is 4.79 Å². The van der Waals surface area contributed by atoms with Crippen LogP contribution in [0.5, 0.6) is 0 Å². The van der Waals surface area contributed by atoms with E-state index in [1.54, 1.807) is 0 Å². The van der Waals surface area contributed by atoms with Crippen LogP contribution in [0.3, 0.4) is 0 Å². The summed E-state index contributed by atoms with van der Waals surface area (Å²) >= 11 is 0. The van der Waals surface area contributed by atoms with Gasteiger partial charge in [-0.2, -0.15) is 0 Å². The fraction of sp³-hybridized carbons (Fsp3) is 0.286. The van der Waals surface area contributed by atoms with Crippen LogP contribution in [0.15, 0.2) is 24.3 Å². The minimum Gasteiger partial charge on any atom is -0.481 e. The Morgan fingerprint density at radius 3 is 2.27 bits per heavy atom. The molecule has 60 valence electrons. The van der Waals surface area contributed by atoms with E-state index in [9.17, 15) is 4.79 Å². The van der Waals surface area contributed by atoms with Gasteiger partial charge in [0.25, 0.3) is 0 Å². The molecule has 0 amide bonds. The zero-order valence-electron chi connectivity index (χ0n) is 5.77. The molecule has 0 bridgehead atoms. The van der Waals surface area contributed by atoms with Gasteiger partial charge in [-0.1, -0.05) is 12.2 Å². The quantitative estimate of drug-likeness (QED) is 0.351. The third-order valence-electron chi connectivity index (χ3n) is 1.43. The average molecular weight is 155 g/mol. The molecule has 4 heteroatoms. The molecule has 0 aliphatic heterocycles. The summed E-state index contributed by atoms with van der Waals surface area (Å²) < 4.78 is 0. The van der Waals surface area contributed by atoms with E-state index in [0.717, 1.165) is 0 Å². The van der Waals surface area contributed by atoms with Crippen molar-refractivity contribution in [3.05, 3.63) is 24.3 Å². The summed E-state index contributed by atoms with van der Waals surface area (Å²) in [4.78, 5) is 10.3. The lowest BCUT2D eigenvalue weighted by atomic mass is 9.99. The lowest BCUT2D eigenvalue weighted by Crippen LogP contribution is -2.36. The Morgan fingerprint density at radius 1 is 1.45 bits per heavy atom. The maximum atomic E-state index is 10.3. The van der Waals surface area contributed by atoms with Gasteiger partial charge in [0.05, 0.1) is 5.92 Å². The number of carboxylic acids is 1. The van der Waals surface area contributed by atoms with E-state index >= 15 is 0 Å². The molecule has 0 saturated heterocycles. The van der Waals surface area contributed by atoms with Crippen molar-refractivity contribution in [3.8, 4) is 0 Å². The van der Waals surface area contributed by atoms with Crippen molar-refractivity contribution >= 4 is 5.97 Å². The van der Waals surface area contributed by atoms with Gasteiger partial charge >= 0.3 is 5.97 Å². The normalized spacial score (nSPS) is 35.6. The molecule has 0 aromatic carbocycles. The number of rotatable bonds is 1. The first-order chi connectivity index (χ1) is 5.01. The number of aliphatic hydroxyl groups is 1. The van der Waals surface area contributed by atoms with Crippen molar-refractivity contribution in [2.45, 2.75) is 5.72 Å². The number of carboxylic acid groups (broad SMARTS) is 1. The minimum atomic E-state index is -1.48. The maximum Gasteiger partial charge on any atom is 0.314 e. The molecule has 0 fully saturated rings. The molecule has 0 radical (unpaired) electrons. The van der Waals surface area contributed by atoms with Gasteiger partial charge in [0.1, 0.15) is 0 Å². The molecule has 0 heterocycles. The highest BCUT2D eigenvalue weighted by atomic mass is 16.4. The Bertz CT molecular complexity index is 214. The van der Waals surface area contributed by atoms with E-state index in [2.05, 4.69) is 0 Å². The summed E-state index contributed by atoms with van der Waals surface area (Å²) in [5, 5.41) is 17.6. The van der Waals surface area contributed by atoms with Crippen LogP contribution in [0, 0.1) is 5.92 Å². The molecule has 1 rings (SSSR count). The Labute approximate surface area is 63.6 Å². The molecule has 11 heavy (non-hydrogen) atoms. The average Bonchev–Trinajstić information content (AvgIpc) is 1.86. The molecule has 0 aromatic rings. The Hall–Kier alpha value is -1.13. The zero-order chi connectivity index (χ0) is 8.48. The second-order valence-electron chi connectivity index (χ2n) is 2.47. The molecular formula is C7H9NO3. The highest BCUT2D eigenvalue weighted by molar-refractivity contribution is 5.74. The Kier molecular flexibility index (Phi) is 1.80. The smallest absolute Gasteiger partial charge is 0.314 e. The van der Waals surface area contributed by atoms with Crippen molar-refractivity contribution in [1.29, 1.82) is 0 Å². The van der Waals surface area contributed by atoms with Gasteiger partial charge in [-0.25, -0.2) is 0 Å². The number of hydrogen-bond donors (Lipinski definition) is 3. The van der Waals surface area contributed by atoms with Crippen molar-refractivity contribution in [2.24, 2.45) is 11.7 Å². The molecule has 0 spiro atoms. The van der Waals surface area contributed by atoms with Gasteiger partial charge in [-0.15, -0.1) is 0 Å². The summed E-state index contributed by atoms with van der Waals surface area (Å²) in [6, 6.07) is 0. The largest absolute Gasteiger partial charge is 0.481 e. The second kappa shape index (κ2) is 2.48. The minimum absolute atomic E-state index is 0.668. The first kappa shape index (κ1) is 7.97. The Morgan fingerprint density at radius 2 is 1.91 bits per heavy atom. The monoisotopic (exact) mass is 155 g/mol. The SMILES string of the molecule is NC1(O)C=CC(C(=O)O)C=C1. The highest BCUT2D eigenvalue weighted by Crippen LogP contribution is 2.13. The second-order valence-corrected chi connectivity index (χ2v) is 2.47. The van der Waals surface area contributed by atoms with Crippen LogP contribution in [0.4, 0.5) is 0 Å². The first-order valence-corrected chi connectivity index (χ1v) is 3.14. The lowest BCUT2D eigenvalue weighted by molar-refractivity contribution is -0.138. The summed E-state index contributed by atoms with van der Waals surface area (Å²) in [6.07, 6.45) is 5.21. The van der Waals surface area contributed by atoms with Crippen molar-refractivity contribution in [2.75, 3.05) is 0 Å². The molecular weight excluding hydrogens is 146 g/mol. The van der Waals surface area contributed by atoms with Gasteiger partial charge in [0, 0.05) is 0 Å². The van der Waals surface area contributed by atoms with Crippen LogP contribution in [0.1, 0.15) is 0 Å². The summed E-state index contributed by atoms with van der Waals surface area (Å²) in [7, 11) is 0. The van der Waals surface area contributed by atoms with Crippen molar-refractivity contribution < 1.29 is 15.0 Å². The van der Waals surface area contributed by atoms with Gasteiger partial charge in [-0.3, -0.25) is 10.5 Å². The van der Waals surface area contributed by atoms with E-state index < -0.39 is 17.6 Å². The van der Waals surface area contributed by atoms with Crippen molar-refractivity contribution in [3.63, 3.8) is 0 Å². The topological polar surface area (TPSA) is 83.5 Å². The molecule has 0 aromatic heterocycles. The van der Waals surface area contributed by atoms with Crippen LogP contribution in [0.25, 0.3) is 0 Å². The number of nitrogens with two attached hydrogens (primary N) is 1. The summed E-state index contributed by atoms with van der Waals surface area (Å²) in [5.41, 5.74) is 3.75. The lowest BCUT2D eigenvalue weighted by Gasteiger charge is -2.18. The van der Waals surface area contributed by atoms with E-state index in [-0.39, 0.29) is 0 Å². The van der Waals surface area contributed by atoms with Gasteiger partial charge in [0.15, 0.2) is 5.72 Å². The molecule has 0 saturated carbocycles. The molecule has 1 aliphatic rings. The number of hydrogen-bond acceptors (Lipinski definition) is 3. The third-order valence-corrected chi connectivity index (χ3v) is 1.43. The van der Waals surface area contributed by atoms with Crippen LogP contribution >= 0.6 is 0 Å². The standard InChI is InChI=1S/C7H9NO3/c8-7(11)3-1-5(2-4-7)6(9)10/h1-5,11H,8H2,(H,9,10).